The number of halogens is 1. The Labute approximate surface area is 129 Å². The number of carbonyl (C=O) groups excluding carboxylic acids is 1. The number of esters is 1. The number of rotatable bonds is 5. The van der Waals surface area contributed by atoms with E-state index in [-0.39, 0.29) is 12.6 Å². The second kappa shape index (κ2) is 6.76. The molecule has 0 unspecified atom stereocenters. The van der Waals surface area contributed by atoms with Crippen LogP contribution in [0, 0.1) is 0 Å². The summed E-state index contributed by atoms with van der Waals surface area (Å²) in [7, 11) is 3.13. The van der Waals surface area contributed by atoms with E-state index in [4.69, 9.17) is 14.2 Å². The Morgan fingerprint density at radius 2 is 1.95 bits per heavy atom. The summed E-state index contributed by atoms with van der Waals surface area (Å²) in [4.78, 5) is 12.4. The summed E-state index contributed by atoms with van der Waals surface area (Å²) in [6.07, 6.45) is 0. The molecule has 0 aliphatic carbocycles. The molecule has 4 nitrogen and oxygen atoms in total. The molecule has 20 heavy (non-hydrogen) atoms. The fourth-order valence-electron chi connectivity index (χ4n) is 1.62. The largest absolute Gasteiger partial charge is 0.493 e. The lowest BCUT2D eigenvalue weighted by atomic mass is 10.2. The maximum absolute atomic E-state index is 11.8. The summed E-state index contributed by atoms with van der Waals surface area (Å²) < 4.78 is 16.5. The van der Waals surface area contributed by atoms with Gasteiger partial charge in [0, 0.05) is 10.0 Å². The van der Waals surface area contributed by atoms with Crippen molar-refractivity contribution in [3.8, 4) is 11.5 Å². The monoisotopic (exact) mass is 356 g/mol. The van der Waals surface area contributed by atoms with Crippen LogP contribution in [0.15, 0.2) is 34.1 Å². The molecule has 1 aromatic carbocycles. The van der Waals surface area contributed by atoms with Gasteiger partial charge < -0.3 is 14.2 Å². The van der Waals surface area contributed by atoms with Crippen molar-refractivity contribution in [2.24, 2.45) is 0 Å². The third-order valence-electron chi connectivity index (χ3n) is 2.63. The van der Waals surface area contributed by atoms with Gasteiger partial charge in [-0.25, -0.2) is 4.79 Å². The standard InChI is InChI=1S/C14H13BrO4S/c1-17-11-6-9(10(15)7-12(11)18-2)8-19-14(16)13-4-3-5-20-13/h3-7H,8H2,1-2H3. The molecular formula is C14H13BrO4S. The minimum Gasteiger partial charge on any atom is -0.493 e. The van der Waals surface area contributed by atoms with E-state index >= 15 is 0 Å². The lowest BCUT2D eigenvalue weighted by molar-refractivity contribution is 0.0477. The first-order chi connectivity index (χ1) is 9.65. The van der Waals surface area contributed by atoms with Crippen LogP contribution in [0.1, 0.15) is 15.2 Å². The Morgan fingerprint density at radius 3 is 2.55 bits per heavy atom. The Morgan fingerprint density at radius 1 is 1.25 bits per heavy atom. The molecule has 0 atom stereocenters. The normalized spacial score (nSPS) is 10.2. The third-order valence-corrected chi connectivity index (χ3v) is 4.22. The number of hydrogen-bond donors (Lipinski definition) is 0. The summed E-state index contributed by atoms with van der Waals surface area (Å²) in [5.74, 6) is 0.882. The lowest BCUT2D eigenvalue weighted by Crippen LogP contribution is -2.04. The van der Waals surface area contributed by atoms with Gasteiger partial charge in [-0.2, -0.15) is 0 Å². The van der Waals surface area contributed by atoms with Gasteiger partial charge in [0.1, 0.15) is 11.5 Å². The zero-order valence-electron chi connectivity index (χ0n) is 11.0. The summed E-state index contributed by atoms with van der Waals surface area (Å²) in [6, 6.07) is 7.11. The van der Waals surface area contributed by atoms with Crippen molar-refractivity contribution in [2.45, 2.75) is 6.61 Å². The molecule has 2 aromatic rings. The molecule has 6 heteroatoms. The quantitative estimate of drug-likeness (QED) is 0.762. The van der Waals surface area contributed by atoms with Crippen molar-refractivity contribution in [1.82, 2.24) is 0 Å². The number of methoxy groups -OCH3 is 2. The Kier molecular flexibility index (Phi) is 5.03. The number of thiophene rings is 1. The summed E-state index contributed by atoms with van der Waals surface area (Å²) in [5.41, 5.74) is 0.813. The topological polar surface area (TPSA) is 44.8 Å². The van der Waals surface area contributed by atoms with E-state index in [2.05, 4.69) is 15.9 Å². The average molecular weight is 357 g/mol. The number of hydrogen-bond acceptors (Lipinski definition) is 5. The van der Waals surface area contributed by atoms with E-state index in [1.807, 2.05) is 11.4 Å². The van der Waals surface area contributed by atoms with Gasteiger partial charge in [0.25, 0.3) is 0 Å². The Balaban J connectivity index is 2.11. The summed E-state index contributed by atoms with van der Waals surface area (Å²) in [6.45, 7) is 0.164. The van der Waals surface area contributed by atoms with Crippen LogP contribution in [0.3, 0.4) is 0 Å². The summed E-state index contributed by atoms with van der Waals surface area (Å²) >= 11 is 4.78. The molecule has 1 aromatic heterocycles. The van der Waals surface area contributed by atoms with Crippen LogP contribution in [-0.4, -0.2) is 20.2 Å². The molecule has 106 valence electrons. The van der Waals surface area contributed by atoms with Gasteiger partial charge in [0.05, 0.1) is 14.2 Å². The number of benzene rings is 1. The van der Waals surface area contributed by atoms with Crippen LogP contribution in [-0.2, 0) is 11.3 Å². The van der Waals surface area contributed by atoms with E-state index in [0.717, 1.165) is 10.0 Å². The predicted molar refractivity (Wildman–Crippen MR) is 80.7 cm³/mol. The zero-order chi connectivity index (χ0) is 14.5. The maximum atomic E-state index is 11.8. The van der Waals surface area contributed by atoms with Crippen LogP contribution >= 0.6 is 27.3 Å². The second-order valence-electron chi connectivity index (χ2n) is 3.85. The number of carbonyl (C=O) groups is 1. The average Bonchev–Trinajstić information content (AvgIpc) is 2.99. The highest BCUT2D eigenvalue weighted by Crippen LogP contribution is 2.33. The Bertz CT molecular complexity index is 595. The highest BCUT2D eigenvalue weighted by atomic mass is 79.9. The van der Waals surface area contributed by atoms with Crippen LogP contribution in [0.5, 0.6) is 11.5 Å². The molecular weight excluding hydrogens is 344 g/mol. The van der Waals surface area contributed by atoms with Crippen molar-refractivity contribution < 1.29 is 19.0 Å². The maximum Gasteiger partial charge on any atom is 0.348 e. The summed E-state index contributed by atoms with van der Waals surface area (Å²) in [5, 5.41) is 1.84. The van der Waals surface area contributed by atoms with Gasteiger partial charge in [-0.3, -0.25) is 0 Å². The first-order valence-electron chi connectivity index (χ1n) is 5.76. The molecule has 0 amide bonds. The molecule has 2 rings (SSSR count). The smallest absolute Gasteiger partial charge is 0.348 e. The van der Waals surface area contributed by atoms with Crippen molar-refractivity contribution in [2.75, 3.05) is 14.2 Å². The van der Waals surface area contributed by atoms with Crippen molar-refractivity contribution in [3.63, 3.8) is 0 Å². The van der Waals surface area contributed by atoms with E-state index in [1.165, 1.54) is 11.3 Å². The SMILES string of the molecule is COc1cc(Br)c(COC(=O)c2cccs2)cc1OC. The van der Waals surface area contributed by atoms with Crippen molar-refractivity contribution >= 4 is 33.2 Å². The minimum absolute atomic E-state index is 0.164. The zero-order valence-corrected chi connectivity index (χ0v) is 13.4. The van der Waals surface area contributed by atoms with Crippen molar-refractivity contribution in [3.05, 3.63) is 44.6 Å². The van der Waals surface area contributed by atoms with Gasteiger partial charge in [-0.05, 0) is 23.6 Å². The second-order valence-corrected chi connectivity index (χ2v) is 5.65. The molecule has 0 radical (unpaired) electrons. The highest BCUT2D eigenvalue weighted by Gasteiger charge is 2.13. The van der Waals surface area contributed by atoms with Gasteiger partial charge in [0.2, 0.25) is 0 Å². The van der Waals surface area contributed by atoms with Crippen LogP contribution in [0.4, 0.5) is 0 Å². The fourth-order valence-corrected chi connectivity index (χ4v) is 2.67. The first-order valence-corrected chi connectivity index (χ1v) is 7.44. The van der Waals surface area contributed by atoms with Crippen molar-refractivity contribution in [1.29, 1.82) is 0 Å². The Hall–Kier alpha value is -1.53. The molecule has 0 bridgehead atoms. The van der Waals surface area contributed by atoms with Crippen LogP contribution < -0.4 is 9.47 Å². The van der Waals surface area contributed by atoms with E-state index in [9.17, 15) is 4.79 Å². The molecule has 0 N–H and O–H groups in total. The van der Waals surface area contributed by atoms with E-state index in [0.29, 0.717) is 16.4 Å². The van der Waals surface area contributed by atoms with Gasteiger partial charge in [0.15, 0.2) is 11.5 Å². The molecule has 0 aliphatic rings. The molecule has 0 saturated heterocycles. The number of ether oxygens (including phenoxy) is 3. The highest BCUT2D eigenvalue weighted by molar-refractivity contribution is 9.10. The first kappa shape index (κ1) is 14.9. The van der Waals surface area contributed by atoms with Gasteiger partial charge in [-0.1, -0.05) is 22.0 Å². The fraction of sp³-hybridized carbons (Fsp3) is 0.214. The van der Waals surface area contributed by atoms with Gasteiger partial charge >= 0.3 is 5.97 Å². The minimum atomic E-state index is -0.332. The molecule has 0 spiro atoms. The van der Waals surface area contributed by atoms with Crippen LogP contribution in [0.2, 0.25) is 0 Å². The van der Waals surface area contributed by atoms with E-state index < -0.39 is 0 Å². The lowest BCUT2D eigenvalue weighted by Gasteiger charge is -2.12. The predicted octanol–water partition coefficient (Wildman–Crippen LogP) is 3.88. The van der Waals surface area contributed by atoms with Gasteiger partial charge in [-0.15, -0.1) is 11.3 Å². The molecule has 0 fully saturated rings. The third kappa shape index (κ3) is 3.32. The molecule has 0 saturated carbocycles. The molecule has 1 heterocycles. The molecule has 0 aliphatic heterocycles. The van der Waals surface area contributed by atoms with E-state index in [1.54, 1.807) is 32.4 Å². The van der Waals surface area contributed by atoms with Crippen LogP contribution in [0.25, 0.3) is 0 Å².